The number of hydrogen-bond acceptors (Lipinski definition) is 4. The minimum absolute atomic E-state index is 0.103. The summed E-state index contributed by atoms with van der Waals surface area (Å²) in [4.78, 5) is 39.4. The van der Waals surface area contributed by atoms with Gasteiger partial charge in [0.25, 0.3) is 0 Å². The number of carbonyl (C=O) groups excluding carboxylic acids is 2. The fourth-order valence-corrected chi connectivity index (χ4v) is 3.02. The van der Waals surface area contributed by atoms with Gasteiger partial charge in [-0.3, -0.25) is 14.4 Å². The highest BCUT2D eigenvalue weighted by Crippen LogP contribution is 2.32. The molecule has 0 aromatic carbocycles. The summed E-state index contributed by atoms with van der Waals surface area (Å²) in [5, 5.41) is 2.97. The van der Waals surface area contributed by atoms with Crippen LogP contribution in [0.2, 0.25) is 0 Å². The summed E-state index contributed by atoms with van der Waals surface area (Å²) in [7, 11) is 0. The molecule has 0 amide bonds. The summed E-state index contributed by atoms with van der Waals surface area (Å²) < 4.78 is 0. The van der Waals surface area contributed by atoms with E-state index < -0.39 is 0 Å². The molecule has 0 unspecified atom stereocenters. The van der Waals surface area contributed by atoms with Crippen LogP contribution in [0.3, 0.4) is 0 Å². The number of allylic oxidation sites excluding steroid dienone is 3. The van der Waals surface area contributed by atoms with E-state index in [0.29, 0.717) is 28.8 Å². The van der Waals surface area contributed by atoms with Crippen molar-refractivity contribution in [2.24, 2.45) is 0 Å². The molecule has 5 heteroatoms. The molecule has 1 aliphatic heterocycles. The van der Waals surface area contributed by atoms with Crippen molar-refractivity contribution in [3.63, 3.8) is 0 Å². The number of dihydropyridines is 1. The molecule has 0 saturated carbocycles. The summed E-state index contributed by atoms with van der Waals surface area (Å²) in [5.74, 6) is -0.468. The highest BCUT2D eigenvalue weighted by Gasteiger charge is 2.35. The Labute approximate surface area is 128 Å². The predicted molar refractivity (Wildman–Crippen MR) is 82.8 cm³/mol. The summed E-state index contributed by atoms with van der Waals surface area (Å²) >= 11 is 0. The topological polar surface area (TPSA) is 79.0 Å². The molecule has 1 aromatic heterocycles. The van der Waals surface area contributed by atoms with Crippen LogP contribution in [0.4, 0.5) is 0 Å². The Morgan fingerprint density at radius 3 is 2.68 bits per heavy atom. The van der Waals surface area contributed by atoms with Crippen LogP contribution in [0.15, 0.2) is 33.9 Å². The Kier molecular flexibility index (Phi) is 3.56. The maximum absolute atomic E-state index is 12.7. The Bertz CT molecular complexity index is 797. The van der Waals surface area contributed by atoms with Gasteiger partial charge in [0.05, 0.1) is 11.3 Å². The summed E-state index contributed by atoms with van der Waals surface area (Å²) in [5.41, 5.74) is 2.57. The molecular formula is C17H18N2O3. The van der Waals surface area contributed by atoms with Crippen LogP contribution in [0, 0.1) is 6.92 Å². The molecule has 5 nitrogen and oxygen atoms in total. The summed E-state index contributed by atoms with van der Waals surface area (Å²) in [6.07, 6.45) is 5.38. The van der Waals surface area contributed by atoms with E-state index >= 15 is 0 Å². The van der Waals surface area contributed by atoms with Crippen LogP contribution in [-0.2, 0) is 0 Å². The third-order valence-electron chi connectivity index (χ3n) is 4.17. The van der Waals surface area contributed by atoms with Crippen molar-refractivity contribution in [1.82, 2.24) is 10.3 Å². The minimum atomic E-state index is -0.364. The van der Waals surface area contributed by atoms with Crippen molar-refractivity contribution in [2.75, 3.05) is 0 Å². The van der Waals surface area contributed by atoms with E-state index in [-0.39, 0.29) is 22.8 Å². The average Bonchev–Trinajstić information content (AvgIpc) is 2.49. The van der Waals surface area contributed by atoms with E-state index in [2.05, 4.69) is 17.2 Å². The van der Waals surface area contributed by atoms with Gasteiger partial charge >= 0.3 is 0 Å². The van der Waals surface area contributed by atoms with Gasteiger partial charge in [-0.2, -0.15) is 0 Å². The second-order valence-corrected chi connectivity index (χ2v) is 5.81. The molecule has 1 aliphatic carbocycles. The van der Waals surface area contributed by atoms with Gasteiger partial charge in [0.2, 0.25) is 11.3 Å². The first kappa shape index (κ1) is 14.5. The first-order valence-corrected chi connectivity index (χ1v) is 7.53. The number of Topliss-reactive ketones (excluding diaryl/α,β-unsaturated/α-hetero) is 2. The molecule has 0 bridgehead atoms. The monoisotopic (exact) mass is 298 g/mol. The third kappa shape index (κ3) is 2.22. The fraction of sp³-hybridized carbons (Fsp3) is 0.353. The van der Waals surface area contributed by atoms with E-state index in [4.69, 9.17) is 0 Å². The van der Waals surface area contributed by atoms with Gasteiger partial charge in [-0.1, -0.05) is 13.3 Å². The first-order valence-electron chi connectivity index (χ1n) is 7.53. The molecule has 114 valence electrons. The van der Waals surface area contributed by atoms with Crippen molar-refractivity contribution in [3.05, 3.63) is 56.3 Å². The maximum Gasteiger partial charge on any atom is 0.248 e. The lowest BCUT2D eigenvalue weighted by Crippen LogP contribution is -2.34. The molecule has 0 radical (unpaired) electrons. The van der Waals surface area contributed by atoms with Gasteiger partial charge in [0.1, 0.15) is 5.69 Å². The van der Waals surface area contributed by atoms with Crippen LogP contribution >= 0.6 is 0 Å². The lowest BCUT2D eigenvalue weighted by atomic mass is 9.83. The van der Waals surface area contributed by atoms with Crippen LogP contribution < -0.4 is 10.9 Å². The van der Waals surface area contributed by atoms with Gasteiger partial charge in [0.15, 0.2) is 5.78 Å². The second-order valence-electron chi connectivity index (χ2n) is 5.81. The Morgan fingerprint density at radius 1 is 1.18 bits per heavy atom. The van der Waals surface area contributed by atoms with Crippen molar-refractivity contribution in [3.8, 4) is 0 Å². The predicted octanol–water partition coefficient (Wildman–Crippen LogP) is 2.38. The molecular weight excluding hydrogens is 280 g/mol. The van der Waals surface area contributed by atoms with Crippen LogP contribution in [0.25, 0.3) is 0 Å². The quantitative estimate of drug-likeness (QED) is 0.898. The number of unbranched alkanes of at least 4 members (excludes halogenated alkanes) is 1. The number of rotatable bonds is 3. The number of hydrogen-bond donors (Lipinski definition) is 2. The largest absolute Gasteiger partial charge is 0.358 e. The molecule has 3 rings (SSSR count). The number of fused-ring (bicyclic) bond motifs is 1. The number of nitrogens with one attached hydrogen (secondary N) is 2. The number of ketones is 2. The van der Waals surface area contributed by atoms with E-state index in [1.165, 1.54) is 6.07 Å². The lowest BCUT2D eigenvalue weighted by molar-refractivity contribution is 0.0962. The second kappa shape index (κ2) is 5.40. The molecule has 0 fully saturated rings. The number of H-pyrrole nitrogens is 1. The third-order valence-corrected chi connectivity index (χ3v) is 4.17. The van der Waals surface area contributed by atoms with E-state index in [1.54, 1.807) is 6.92 Å². The first-order chi connectivity index (χ1) is 10.5. The number of pyridine rings is 1. The highest BCUT2D eigenvalue weighted by atomic mass is 16.1. The molecule has 2 N–H and O–H groups in total. The van der Waals surface area contributed by atoms with Crippen molar-refractivity contribution in [2.45, 2.75) is 39.5 Å². The van der Waals surface area contributed by atoms with Gasteiger partial charge in [-0.15, -0.1) is 0 Å². The molecule has 2 aliphatic rings. The summed E-state index contributed by atoms with van der Waals surface area (Å²) in [6, 6.07) is 1.36. The fourth-order valence-electron chi connectivity index (χ4n) is 3.02. The number of carbonyl (C=O) groups is 2. The molecule has 0 saturated heterocycles. The molecule has 22 heavy (non-hydrogen) atoms. The Morgan fingerprint density at radius 2 is 1.95 bits per heavy atom. The number of aromatic amines is 1. The maximum atomic E-state index is 12.7. The van der Waals surface area contributed by atoms with E-state index in [9.17, 15) is 14.4 Å². The van der Waals surface area contributed by atoms with Crippen LogP contribution in [0.1, 0.15) is 59.0 Å². The van der Waals surface area contributed by atoms with Gasteiger partial charge in [-0.05, 0) is 30.9 Å². The zero-order valence-corrected chi connectivity index (χ0v) is 12.7. The molecule has 2 heterocycles. The summed E-state index contributed by atoms with van der Waals surface area (Å²) in [6.45, 7) is 3.81. The zero-order valence-electron chi connectivity index (χ0n) is 12.7. The van der Waals surface area contributed by atoms with Crippen LogP contribution in [-0.4, -0.2) is 16.6 Å². The minimum Gasteiger partial charge on any atom is -0.358 e. The highest BCUT2D eigenvalue weighted by molar-refractivity contribution is 6.26. The van der Waals surface area contributed by atoms with Crippen molar-refractivity contribution >= 4 is 11.6 Å². The SMILES string of the molecule is CCCCC1=CNC2=C(C1)C(=O)c1c(C)cc(=O)[nH]c1C2=O. The number of aromatic nitrogens is 1. The molecule has 0 atom stereocenters. The van der Waals surface area contributed by atoms with E-state index in [0.717, 1.165) is 24.8 Å². The molecule has 1 aromatic rings. The van der Waals surface area contributed by atoms with Crippen molar-refractivity contribution < 1.29 is 9.59 Å². The Hall–Kier alpha value is -2.43. The van der Waals surface area contributed by atoms with Gasteiger partial charge < -0.3 is 10.3 Å². The smallest absolute Gasteiger partial charge is 0.248 e. The Balaban J connectivity index is 2.02. The van der Waals surface area contributed by atoms with Gasteiger partial charge in [-0.25, -0.2) is 0 Å². The molecule has 0 spiro atoms. The average molecular weight is 298 g/mol. The lowest BCUT2D eigenvalue weighted by Gasteiger charge is -2.26. The van der Waals surface area contributed by atoms with E-state index in [1.807, 2.05) is 6.20 Å². The normalized spacial score (nSPS) is 16.9. The number of aryl methyl sites for hydroxylation is 1. The standard InChI is InChI=1S/C17H18N2O3/c1-3-4-5-10-7-11-14(18-8-10)17(22)15-13(16(11)21)9(2)6-12(20)19-15/h6,8,18H,3-5,7H2,1-2H3,(H,19,20). The van der Waals surface area contributed by atoms with Crippen molar-refractivity contribution in [1.29, 1.82) is 0 Å². The van der Waals surface area contributed by atoms with Crippen LogP contribution in [0.5, 0.6) is 0 Å². The zero-order chi connectivity index (χ0) is 15.9. The van der Waals surface area contributed by atoms with Gasteiger partial charge in [0, 0.05) is 24.3 Å².